The van der Waals surface area contributed by atoms with Crippen LogP contribution in [0.15, 0.2) is 53.4 Å². The Labute approximate surface area is 196 Å². The predicted molar refractivity (Wildman–Crippen MR) is 132 cm³/mol. The molecule has 0 aromatic heterocycles. The van der Waals surface area contributed by atoms with Crippen molar-refractivity contribution < 1.29 is 19.5 Å². The van der Waals surface area contributed by atoms with E-state index >= 15 is 0 Å². The molecule has 0 aliphatic carbocycles. The fraction of sp³-hybridized carbons (Fsp3) is 0.250. The topological polar surface area (TPSA) is 86.7 Å². The molecule has 1 heterocycles. The normalized spacial score (nSPS) is 14.8. The molecule has 166 valence electrons. The molecule has 0 unspecified atom stereocenters. The molecule has 2 amide bonds. The lowest BCUT2D eigenvalue weighted by Crippen LogP contribution is -2.29. The van der Waals surface area contributed by atoms with Crippen molar-refractivity contribution in [2.24, 2.45) is 0 Å². The number of rotatable bonds is 9. The van der Waals surface area contributed by atoms with Gasteiger partial charge in [-0.2, -0.15) is 0 Å². The van der Waals surface area contributed by atoms with Crippen molar-refractivity contribution in [3.8, 4) is 0 Å². The fourth-order valence-corrected chi connectivity index (χ4v) is 4.49. The van der Waals surface area contributed by atoms with Gasteiger partial charge in [0.15, 0.2) is 0 Å². The van der Waals surface area contributed by atoms with Crippen LogP contribution in [-0.2, 0) is 9.59 Å². The SMILES string of the molecule is Cc1ccc(C(=O)Nc2cccc(/C=C3\SC(=S)N(CCCCCC(=O)O)C3=O)c2)cc1. The molecular weight excluding hydrogens is 444 g/mol. The van der Waals surface area contributed by atoms with Gasteiger partial charge in [0.2, 0.25) is 0 Å². The molecule has 0 saturated carbocycles. The number of amides is 2. The van der Waals surface area contributed by atoms with Crippen LogP contribution in [-0.4, -0.2) is 38.7 Å². The third kappa shape index (κ3) is 6.51. The van der Waals surface area contributed by atoms with Crippen LogP contribution in [0.5, 0.6) is 0 Å². The molecule has 3 rings (SSSR count). The number of carboxylic acids is 1. The third-order valence-electron chi connectivity index (χ3n) is 4.90. The van der Waals surface area contributed by atoms with Crippen LogP contribution in [0, 0.1) is 6.92 Å². The molecule has 2 N–H and O–H groups in total. The van der Waals surface area contributed by atoms with E-state index in [1.807, 2.05) is 37.3 Å². The first-order valence-corrected chi connectivity index (χ1v) is 11.5. The Bertz CT molecular complexity index is 1060. The number of carbonyl (C=O) groups is 3. The number of thioether (sulfide) groups is 1. The van der Waals surface area contributed by atoms with Crippen molar-refractivity contribution in [1.82, 2.24) is 4.90 Å². The van der Waals surface area contributed by atoms with Crippen molar-refractivity contribution in [3.05, 3.63) is 70.1 Å². The van der Waals surface area contributed by atoms with E-state index in [1.54, 1.807) is 29.2 Å². The molecule has 8 heteroatoms. The highest BCUT2D eigenvalue weighted by Gasteiger charge is 2.31. The fourth-order valence-electron chi connectivity index (χ4n) is 3.18. The maximum Gasteiger partial charge on any atom is 0.303 e. The lowest BCUT2D eigenvalue weighted by atomic mass is 10.1. The highest BCUT2D eigenvalue weighted by atomic mass is 32.2. The number of carbonyl (C=O) groups excluding carboxylic acids is 2. The van der Waals surface area contributed by atoms with Gasteiger partial charge >= 0.3 is 5.97 Å². The second kappa shape index (κ2) is 11.1. The van der Waals surface area contributed by atoms with Crippen LogP contribution in [0.2, 0.25) is 0 Å². The van der Waals surface area contributed by atoms with Crippen LogP contribution in [0.25, 0.3) is 6.08 Å². The van der Waals surface area contributed by atoms with E-state index in [2.05, 4.69) is 5.32 Å². The van der Waals surface area contributed by atoms with Crippen molar-refractivity contribution >= 4 is 57.8 Å². The Hall–Kier alpha value is -2.97. The van der Waals surface area contributed by atoms with Gasteiger partial charge in [-0.3, -0.25) is 19.3 Å². The highest BCUT2D eigenvalue weighted by molar-refractivity contribution is 8.26. The number of benzene rings is 2. The number of nitrogens with zero attached hydrogens (tertiary/aromatic N) is 1. The summed E-state index contributed by atoms with van der Waals surface area (Å²) in [5.41, 5.74) is 3.08. The second-order valence-electron chi connectivity index (χ2n) is 7.48. The average molecular weight is 469 g/mol. The highest BCUT2D eigenvalue weighted by Crippen LogP contribution is 2.33. The largest absolute Gasteiger partial charge is 0.481 e. The average Bonchev–Trinajstić information content (AvgIpc) is 3.01. The smallest absolute Gasteiger partial charge is 0.303 e. The zero-order valence-electron chi connectivity index (χ0n) is 17.7. The molecule has 2 aromatic carbocycles. The number of hydrogen-bond acceptors (Lipinski definition) is 5. The maximum atomic E-state index is 12.8. The van der Waals surface area contributed by atoms with Gasteiger partial charge in [0, 0.05) is 24.2 Å². The summed E-state index contributed by atoms with van der Waals surface area (Å²) in [7, 11) is 0. The van der Waals surface area contributed by atoms with E-state index in [9.17, 15) is 14.4 Å². The summed E-state index contributed by atoms with van der Waals surface area (Å²) < 4.78 is 0.503. The van der Waals surface area contributed by atoms with Gasteiger partial charge in [0.25, 0.3) is 11.8 Å². The summed E-state index contributed by atoms with van der Waals surface area (Å²) in [6.45, 7) is 2.45. The standard InChI is InChI=1S/C24H24N2O4S2/c1-16-9-11-18(12-10-16)22(29)25-19-7-5-6-17(14-19)15-20-23(30)26(24(31)32-20)13-4-2-3-8-21(27)28/h5-7,9-12,14-15H,2-4,8,13H2,1H3,(H,25,29)(H,27,28)/b20-15-. The first kappa shape index (κ1) is 23.7. The monoisotopic (exact) mass is 468 g/mol. The summed E-state index contributed by atoms with van der Waals surface area (Å²) in [5.74, 6) is -1.15. The summed E-state index contributed by atoms with van der Waals surface area (Å²) >= 11 is 6.60. The van der Waals surface area contributed by atoms with Gasteiger partial charge in [-0.05, 0) is 55.7 Å². The number of aryl methyl sites for hydroxylation is 1. The van der Waals surface area contributed by atoms with Crippen LogP contribution < -0.4 is 5.32 Å². The van der Waals surface area contributed by atoms with Crippen molar-refractivity contribution in [3.63, 3.8) is 0 Å². The van der Waals surface area contributed by atoms with E-state index in [0.29, 0.717) is 39.9 Å². The number of anilines is 1. The van der Waals surface area contributed by atoms with Crippen molar-refractivity contribution in [1.29, 1.82) is 0 Å². The molecule has 1 saturated heterocycles. The van der Waals surface area contributed by atoms with E-state index in [0.717, 1.165) is 17.5 Å². The molecule has 1 fully saturated rings. The molecule has 2 aromatic rings. The van der Waals surface area contributed by atoms with Crippen LogP contribution in [0.1, 0.15) is 47.2 Å². The van der Waals surface area contributed by atoms with E-state index in [4.69, 9.17) is 17.3 Å². The van der Waals surface area contributed by atoms with Crippen LogP contribution in [0.4, 0.5) is 5.69 Å². The van der Waals surface area contributed by atoms with Crippen LogP contribution >= 0.6 is 24.0 Å². The number of nitrogens with one attached hydrogen (secondary N) is 1. The summed E-state index contributed by atoms with van der Waals surface area (Å²) in [6.07, 6.45) is 3.92. The van der Waals surface area contributed by atoms with Gasteiger partial charge in [0.05, 0.1) is 4.91 Å². The Morgan fingerprint density at radius 3 is 2.59 bits per heavy atom. The Morgan fingerprint density at radius 2 is 1.88 bits per heavy atom. The van der Waals surface area contributed by atoms with Crippen molar-refractivity contribution in [2.75, 3.05) is 11.9 Å². The minimum Gasteiger partial charge on any atom is -0.481 e. The second-order valence-corrected chi connectivity index (χ2v) is 9.16. The van der Waals surface area contributed by atoms with E-state index in [-0.39, 0.29) is 18.2 Å². The summed E-state index contributed by atoms with van der Waals surface area (Å²) in [4.78, 5) is 37.9. The van der Waals surface area contributed by atoms with E-state index in [1.165, 1.54) is 11.8 Å². The Kier molecular flexibility index (Phi) is 8.19. The number of unbranched alkanes of at least 4 members (excludes halogenated alkanes) is 2. The molecule has 6 nitrogen and oxygen atoms in total. The van der Waals surface area contributed by atoms with Gasteiger partial charge in [-0.1, -0.05) is 60.2 Å². The van der Waals surface area contributed by atoms with Gasteiger partial charge in [-0.25, -0.2) is 0 Å². The Morgan fingerprint density at radius 1 is 1.12 bits per heavy atom. The van der Waals surface area contributed by atoms with Gasteiger partial charge in [0.1, 0.15) is 4.32 Å². The van der Waals surface area contributed by atoms with Crippen LogP contribution in [0.3, 0.4) is 0 Å². The third-order valence-corrected chi connectivity index (χ3v) is 6.28. The predicted octanol–water partition coefficient (Wildman–Crippen LogP) is 5.09. The van der Waals surface area contributed by atoms with E-state index < -0.39 is 5.97 Å². The maximum absolute atomic E-state index is 12.8. The number of thiocarbonyl (C=S) groups is 1. The molecule has 0 spiro atoms. The first-order valence-electron chi connectivity index (χ1n) is 10.3. The molecule has 1 aliphatic rings. The lowest BCUT2D eigenvalue weighted by Gasteiger charge is -2.13. The Balaban J connectivity index is 1.62. The van der Waals surface area contributed by atoms with Gasteiger partial charge in [-0.15, -0.1) is 0 Å². The first-order chi connectivity index (χ1) is 15.3. The summed E-state index contributed by atoms with van der Waals surface area (Å²) in [6, 6.07) is 14.6. The lowest BCUT2D eigenvalue weighted by molar-refractivity contribution is -0.137. The summed E-state index contributed by atoms with van der Waals surface area (Å²) in [5, 5.41) is 11.6. The molecule has 32 heavy (non-hydrogen) atoms. The van der Waals surface area contributed by atoms with Crippen molar-refractivity contribution in [2.45, 2.75) is 32.6 Å². The number of hydrogen-bond donors (Lipinski definition) is 2. The zero-order valence-corrected chi connectivity index (χ0v) is 19.3. The minimum absolute atomic E-state index is 0.134. The molecule has 0 bridgehead atoms. The molecule has 1 aliphatic heterocycles. The number of carboxylic acid groups (broad SMARTS) is 1. The number of aliphatic carboxylic acids is 1. The quantitative estimate of drug-likeness (QED) is 0.303. The molecule has 0 atom stereocenters. The minimum atomic E-state index is -0.809. The molecule has 0 radical (unpaired) electrons. The zero-order chi connectivity index (χ0) is 23.1. The van der Waals surface area contributed by atoms with Gasteiger partial charge < -0.3 is 10.4 Å². The molecular formula is C24H24N2O4S2.